The molecular formula is C19H26N2O3S2. The molecule has 0 fully saturated rings. The summed E-state index contributed by atoms with van der Waals surface area (Å²) in [7, 11) is -3.41. The molecule has 5 nitrogen and oxygen atoms in total. The molecule has 142 valence electrons. The van der Waals surface area contributed by atoms with E-state index < -0.39 is 10.0 Å². The fraction of sp³-hybridized carbons (Fsp3) is 0.421. The van der Waals surface area contributed by atoms with Gasteiger partial charge in [-0.15, -0.1) is 11.3 Å². The van der Waals surface area contributed by atoms with Gasteiger partial charge in [-0.05, 0) is 49.9 Å². The van der Waals surface area contributed by atoms with Crippen molar-refractivity contribution in [2.75, 3.05) is 0 Å². The lowest BCUT2D eigenvalue weighted by molar-refractivity contribution is 0.0955. The Hall–Kier alpha value is -1.70. The third-order valence-corrected chi connectivity index (χ3v) is 6.79. The average molecular weight is 395 g/mol. The van der Waals surface area contributed by atoms with E-state index in [0.29, 0.717) is 17.0 Å². The van der Waals surface area contributed by atoms with Crippen molar-refractivity contribution in [3.63, 3.8) is 0 Å². The zero-order valence-electron chi connectivity index (χ0n) is 15.6. The van der Waals surface area contributed by atoms with E-state index >= 15 is 0 Å². The molecule has 2 rings (SSSR count). The molecule has 1 heterocycles. The Morgan fingerprint density at radius 1 is 1.19 bits per heavy atom. The monoisotopic (exact) mass is 394 g/mol. The standard InChI is InChI=1S/C19H26N2O3S2/c1-5-17-14(4)10-18(25-17)19(22)20-11-15-8-6-7-9-16(15)12-26(23,24)21-13(2)3/h6-10,13,21H,5,11-12H2,1-4H3,(H,20,22). The second kappa shape index (κ2) is 8.79. The number of sulfonamides is 1. The topological polar surface area (TPSA) is 75.3 Å². The fourth-order valence-corrected chi connectivity index (χ4v) is 5.24. The predicted octanol–water partition coefficient (Wildman–Crippen LogP) is 3.38. The quantitative estimate of drug-likeness (QED) is 0.721. The number of hydrogen-bond acceptors (Lipinski definition) is 4. The third-order valence-electron chi connectivity index (χ3n) is 3.88. The van der Waals surface area contributed by atoms with Gasteiger partial charge in [-0.25, -0.2) is 13.1 Å². The number of hydrogen-bond donors (Lipinski definition) is 2. The Labute approximate surface area is 159 Å². The first-order valence-corrected chi connectivity index (χ1v) is 11.1. The number of rotatable bonds is 8. The molecule has 0 saturated heterocycles. The molecule has 0 saturated carbocycles. The van der Waals surface area contributed by atoms with E-state index in [1.165, 1.54) is 16.2 Å². The highest BCUT2D eigenvalue weighted by Crippen LogP contribution is 2.22. The minimum atomic E-state index is -3.41. The van der Waals surface area contributed by atoms with Gasteiger partial charge in [0.2, 0.25) is 10.0 Å². The van der Waals surface area contributed by atoms with E-state index in [4.69, 9.17) is 0 Å². The Morgan fingerprint density at radius 2 is 1.85 bits per heavy atom. The highest BCUT2D eigenvalue weighted by Gasteiger charge is 2.16. The van der Waals surface area contributed by atoms with Crippen LogP contribution in [0, 0.1) is 6.92 Å². The summed E-state index contributed by atoms with van der Waals surface area (Å²) in [5, 5.41) is 2.90. The number of carbonyl (C=O) groups is 1. The van der Waals surface area contributed by atoms with Gasteiger partial charge in [0, 0.05) is 17.5 Å². The molecule has 1 amide bonds. The normalized spacial score (nSPS) is 11.7. The second-order valence-corrected chi connectivity index (χ2v) is 9.44. The van der Waals surface area contributed by atoms with E-state index in [1.807, 2.05) is 31.2 Å². The summed E-state index contributed by atoms with van der Waals surface area (Å²) in [6, 6.07) is 9.03. The molecule has 1 aromatic heterocycles. The van der Waals surface area contributed by atoms with Crippen LogP contribution in [0.1, 0.15) is 52.0 Å². The van der Waals surface area contributed by atoms with Gasteiger partial charge >= 0.3 is 0 Å². The van der Waals surface area contributed by atoms with E-state index in [1.54, 1.807) is 19.9 Å². The molecule has 1 aromatic carbocycles. The second-order valence-electron chi connectivity index (χ2n) is 6.55. The zero-order valence-corrected chi connectivity index (χ0v) is 17.3. The number of nitrogens with one attached hydrogen (secondary N) is 2. The Kier molecular flexibility index (Phi) is 6.97. The van der Waals surface area contributed by atoms with Crippen molar-refractivity contribution < 1.29 is 13.2 Å². The van der Waals surface area contributed by atoms with E-state index in [-0.39, 0.29) is 17.7 Å². The number of carbonyl (C=O) groups excluding carboxylic acids is 1. The number of aryl methyl sites for hydroxylation is 2. The molecule has 0 spiro atoms. The first-order chi connectivity index (χ1) is 12.2. The molecule has 7 heteroatoms. The highest BCUT2D eigenvalue weighted by molar-refractivity contribution is 7.88. The van der Waals surface area contributed by atoms with Crippen LogP contribution in [0.3, 0.4) is 0 Å². The third kappa shape index (κ3) is 5.65. The van der Waals surface area contributed by atoms with Crippen molar-refractivity contribution >= 4 is 27.3 Å². The number of amides is 1. The van der Waals surface area contributed by atoms with Crippen LogP contribution in [0.2, 0.25) is 0 Å². The Morgan fingerprint density at radius 3 is 2.42 bits per heavy atom. The van der Waals surface area contributed by atoms with Crippen LogP contribution in [0.15, 0.2) is 30.3 Å². The lowest BCUT2D eigenvalue weighted by Gasteiger charge is -2.13. The van der Waals surface area contributed by atoms with Crippen molar-refractivity contribution in [1.29, 1.82) is 0 Å². The van der Waals surface area contributed by atoms with Crippen molar-refractivity contribution in [1.82, 2.24) is 10.0 Å². The molecule has 26 heavy (non-hydrogen) atoms. The summed E-state index contributed by atoms with van der Waals surface area (Å²) in [4.78, 5) is 14.3. The molecule has 0 atom stereocenters. The van der Waals surface area contributed by atoms with E-state index in [0.717, 1.165) is 17.5 Å². The van der Waals surface area contributed by atoms with Crippen LogP contribution in [0.5, 0.6) is 0 Å². The summed E-state index contributed by atoms with van der Waals surface area (Å²) >= 11 is 1.51. The SMILES string of the molecule is CCc1sc(C(=O)NCc2ccccc2CS(=O)(=O)NC(C)C)cc1C. The van der Waals surface area contributed by atoms with Gasteiger partial charge in [-0.1, -0.05) is 31.2 Å². The van der Waals surface area contributed by atoms with Crippen LogP contribution >= 0.6 is 11.3 Å². The minimum absolute atomic E-state index is 0.102. The summed E-state index contributed by atoms with van der Waals surface area (Å²) in [5.41, 5.74) is 2.63. The van der Waals surface area contributed by atoms with E-state index in [9.17, 15) is 13.2 Å². The number of benzene rings is 1. The molecule has 0 bridgehead atoms. The minimum Gasteiger partial charge on any atom is -0.347 e. The fourth-order valence-electron chi connectivity index (χ4n) is 2.72. The van der Waals surface area contributed by atoms with Gasteiger partial charge in [0.25, 0.3) is 5.91 Å². The maximum Gasteiger partial charge on any atom is 0.261 e. The average Bonchev–Trinajstić information content (AvgIpc) is 2.93. The summed E-state index contributed by atoms with van der Waals surface area (Å²) < 4.78 is 27.0. The summed E-state index contributed by atoms with van der Waals surface area (Å²) in [6.07, 6.45) is 0.910. The first kappa shape index (κ1) is 20.6. The predicted molar refractivity (Wildman–Crippen MR) is 107 cm³/mol. The zero-order chi connectivity index (χ0) is 19.3. The van der Waals surface area contributed by atoms with Crippen molar-refractivity contribution in [2.24, 2.45) is 0 Å². The first-order valence-electron chi connectivity index (χ1n) is 8.66. The van der Waals surface area contributed by atoms with Crippen LogP contribution < -0.4 is 10.0 Å². The smallest absolute Gasteiger partial charge is 0.261 e. The lowest BCUT2D eigenvalue weighted by Crippen LogP contribution is -2.31. The van der Waals surface area contributed by atoms with Gasteiger partial charge in [-0.2, -0.15) is 0 Å². The Balaban J connectivity index is 2.09. The van der Waals surface area contributed by atoms with Gasteiger partial charge < -0.3 is 5.32 Å². The number of thiophene rings is 1. The molecule has 0 aliphatic rings. The summed E-state index contributed by atoms with van der Waals surface area (Å²) in [5.74, 6) is -0.231. The maximum atomic E-state index is 12.4. The molecule has 2 aromatic rings. The Bertz CT molecular complexity index is 871. The van der Waals surface area contributed by atoms with Gasteiger partial charge in [0.05, 0.1) is 10.6 Å². The van der Waals surface area contributed by atoms with Crippen molar-refractivity contribution in [2.45, 2.75) is 52.5 Å². The van der Waals surface area contributed by atoms with Crippen LogP contribution in [-0.4, -0.2) is 20.4 Å². The van der Waals surface area contributed by atoms with Crippen molar-refractivity contribution in [3.05, 3.63) is 56.8 Å². The molecule has 0 aliphatic heterocycles. The molecule has 0 aliphatic carbocycles. The van der Waals surface area contributed by atoms with Crippen LogP contribution in [0.25, 0.3) is 0 Å². The van der Waals surface area contributed by atoms with Crippen molar-refractivity contribution in [3.8, 4) is 0 Å². The highest BCUT2D eigenvalue weighted by atomic mass is 32.2. The summed E-state index contributed by atoms with van der Waals surface area (Å²) in [6.45, 7) is 7.95. The molecule has 2 N–H and O–H groups in total. The molecule has 0 unspecified atom stereocenters. The molecule has 0 radical (unpaired) electrons. The van der Waals surface area contributed by atoms with Gasteiger partial charge in [-0.3, -0.25) is 4.79 Å². The maximum absolute atomic E-state index is 12.4. The van der Waals surface area contributed by atoms with E-state index in [2.05, 4.69) is 17.0 Å². The van der Waals surface area contributed by atoms with Gasteiger partial charge in [0.15, 0.2) is 0 Å². The van der Waals surface area contributed by atoms with Crippen LogP contribution in [0.4, 0.5) is 0 Å². The van der Waals surface area contributed by atoms with Gasteiger partial charge in [0.1, 0.15) is 0 Å². The molecular weight excluding hydrogens is 368 g/mol. The lowest BCUT2D eigenvalue weighted by atomic mass is 10.1. The largest absolute Gasteiger partial charge is 0.347 e. The van der Waals surface area contributed by atoms with Crippen LogP contribution in [-0.2, 0) is 28.7 Å².